The molecular formula is C23H30N4O3. The molecule has 1 N–H and O–H groups in total. The van der Waals surface area contributed by atoms with Gasteiger partial charge >= 0.3 is 0 Å². The number of unbranched alkanes of at least 4 members (excludes halogenated alkanes) is 1. The fourth-order valence-corrected chi connectivity index (χ4v) is 2.98. The number of hydrogen-bond acceptors (Lipinski definition) is 7. The van der Waals surface area contributed by atoms with Crippen molar-refractivity contribution in [1.82, 2.24) is 15.0 Å². The molecule has 0 radical (unpaired) electrons. The average Bonchev–Trinajstić information content (AvgIpc) is 2.76. The number of anilines is 1. The predicted octanol–water partition coefficient (Wildman–Crippen LogP) is 4.83. The lowest BCUT2D eigenvalue weighted by molar-refractivity contribution is 0.218. The van der Waals surface area contributed by atoms with E-state index in [1.807, 2.05) is 24.3 Å². The molecule has 0 saturated heterocycles. The van der Waals surface area contributed by atoms with Crippen LogP contribution >= 0.6 is 0 Å². The van der Waals surface area contributed by atoms with Gasteiger partial charge in [-0.05, 0) is 24.5 Å². The molecule has 2 aromatic heterocycles. The highest BCUT2D eigenvalue weighted by Crippen LogP contribution is 2.31. The zero-order valence-corrected chi connectivity index (χ0v) is 18.1. The highest BCUT2D eigenvalue weighted by atomic mass is 16.5. The molecule has 3 rings (SSSR count). The SMILES string of the molecule is CCCCNc1ncncc1OCCOc1cc(C(C)C)nc2cc(OC)ccc12. The molecule has 0 unspecified atom stereocenters. The van der Waals surface area contributed by atoms with Crippen molar-refractivity contribution in [3.05, 3.63) is 42.5 Å². The number of rotatable bonds is 11. The first-order valence-corrected chi connectivity index (χ1v) is 10.4. The van der Waals surface area contributed by atoms with Crippen LogP contribution in [0.25, 0.3) is 10.9 Å². The van der Waals surface area contributed by atoms with Gasteiger partial charge in [-0.3, -0.25) is 4.98 Å². The number of methoxy groups -OCH3 is 1. The summed E-state index contributed by atoms with van der Waals surface area (Å²) < 4.78 is 17.3. The second kappa shape index (κ2) is 10.6. The van der Waals surface area contributed by atoms with Crippen molar-refractivity contribution in [2.75, 3.05) is 32.2 Å². The summed E-state index contributed by atoms with van der Waals surface area (Å²) in [5, 5.41) is 4.24. The summed E-state index contributed by atoms with van der Waals surface area (Å²) in [5.41, 5.74) is 1.83. The number of fused-ring (bicyclic) bond motifs is 1. The standard InChI is InChI=1S/C23H30N4O3/c1-5-6-9-25-23-22(14-24-15-26-23)30-11-10-29-21-13-19(16(2)3)27-20-12-17(28-4)7-8-18(20)21/h7-8,12-16H,5-6,9-11H2,1-4H3,(H,24,25,26). The van der Waals surface area contributed by atoms with Crippen LogP contribution in [0.5, 0.6) is 17.2 Å². The Morgan fingerprint density at radius 2 is 1.87 bits per heavy atom. The summed E-state index contributed by atoms with van der Waals surface area (Å²) in [4.78, 5) is 13.1. The Bertz CT molecular complexity index is 962. The van der Waals surface area contributed by atoms with E-state index in [0.717, 1.165) is 47.5 Å². The van der Waals surface area contributed by atoms with Crippen LogP contribution in [0.1, 0.15) is 45.2 Å². The normalized spacial score (nSPS) is 11.0. The van der Waals surface area contributed by atoms with Crippen LogP contribution in [0, 0.1) is 0 Å². The maximum absolute atomic E-state index is 6.08. The van der Waals surface area contributed by atoms with Gasteiger partial charge in [-0.25, -0.2) is 9.97 Å². The first kappa shape index (κ1) is 21.6. The fourth-order valence-electron chi connectivity index (χ4n) is 2.98. The minimum atomic E-state index is 0.289. The third-order valence-corrected chi connectivity index (χ3v) is 4.69. The maximum atomic E-state index is 6.08. The van der Waals surface area contributed by atoms with Crippen LogP contribution in [-0.2, 0) is 0 Å². The summed E-state index contributed by atoms with van der Waals surface area (Å²) in [6.45, 7) is 8.01. The zero-order valence-electron chi connectivity index (χ0n) is 18.1. The maximum Gasteiger partial charge on any atom is 0.180 e. The van der Waals surface area contributed by atoms with E-state index in [2.05, 4.69) is 36.1 Å². The van der Waals surface area contributed by atoms with Crippen LogP contribution in [0.15, 0.2) is 36.8 Å². The van der Waals surface area contributed by atoms with Gasteiger partial charge in [-0.1, -0.05) is 27.2 Å². The van der Waals surface area contributed by atoms with Gasteiger partial charge in [0, 0.05) is 29.8 Å². The number of benzene rings is 1. The lowest BCUT2D eigenvalue weighted by Gasteiger charge is -2.15. The molecule has 2 heterocycles. The first-order chi connectivity index (χ1) is 14.6. The largest absolute Gasteiger partial charge is 0.497 e. The molecule has 0 amide bonds. The fraction of sp³-hybridized carbons (Fsp3) is 0.435. The minimum absolute atomic E-state index is 0.289. The molecule has 0 aliphatic rings. The molecule has 0 atom stereocenters. The molecule has 0 saturated carbocycles. The van der Waals surface area contributed by atoms with Gasteiger partial charge in [0.2, 0.25) is 0 Å². The molecule has 0 bridgehead atoms. The van der Waals surface area contributed by atoms with Gasteiger partial charge < -0.3 is 19.5 Å². The van der Waals surface area contributed by atoms with Gasteiger partial charge in [0.25, 0.3) is 0 Å². The van der Waals surface area contributed by atoms with Crippen molar-refractivity contribution >= 4 is 16.7 Å². The van der Waals surface area contributed by atoms with E-state index in [4.69, 9.17) is 19.2 Å². The Labute approximate surface area is 177 Å². The van der Waals surface area contributed by atoms with E-state index >= 15 is 0 Å². The summed E-state index contributed by atoms with van der Waals surface area (Å²) in [5.74, 6) is 3.20. The van der Waals surface area contributed by atoms with E-state index in [-0.39, 0.29) is 5.92 Å². The van der Waals surface area contributed by atoms with Crippen LogP contribution in [-0.4, -0.2) is 41.8 Å². The van der Waals surface area contributed by atoms with Gasteiger partial charge in [0.15, 0.2) is 11.6 Å². The smallest absolute Gasteiger partial charge is 0.180 e. The summed E-state index contributed by atoms with van der Waals surface area (Å²) in [6.07, 6.45) is 5.38. The van der Waals surface area contributed by atoms with Crippen molar-refractivity contribution < 1.29 is 14.2 Å². The minimum Gasteiger partial charge on any atom is -0.497 e. The molecular weight excluding hydrogens is 380 g/mol. The van der Waals surface area contributed by atoms with Crippen LogP contribution in [0.2, 0.25) is 0 Å². The quantitative estimate of drug-likeness (QED) is 0.454. The Morgan fingerprint density at radius 3 is 2.60 bits per heavy atom. The van der Waals surface area contributed by atoms with E-state index in [9.17, 15) is 0 Å². The topological polar surface area (TPSA) is 78.4 Å². The molecule has 3 aromatic rings. The molecule has 160 valence electrons. The molecule has 0 aliphatic heterocycles. The summed E-state index contributed by atoms with van der Waals surface area (Å²) >= 11 is 0. The average molecular weight is 411 g/mol. The van der Waals surface area contributed by atoms with Gasteiger partial charge in [-0.2, -0.15) is 0 Å². The summed E-state index contributed by atoms with van der Waals surface area (Å²) in [7, 11) is 1.65. The van der Waals surface area contributed by atoms with Gasteiger partial charge in [-0.15, -0.1) is 0 Å². The van der Waals surface area contributed by atoms with Crippen molar-refractivity contribution in [3.63, 3.8) is 0 Å². The van der Waals surface area contributed by atoms with Crippen LogP contribution in [0.4, 0.5) is 5.82 Å². The highest BCUT2D eigenvalue weighted by molar-refractivity contribution is 5.86. The van der Waals surface area contributed by atoms with Crippen molar-refractivity contribution in [3.8, 4) is 17.2 Å². The van der Waals surface area contributed by atoms with Crippen molar-refractivity contribution in [2.24, 2.45) is 0 Å². The number of aromatic nitrogens is 3. The van der Waals surface area contributed by atoms with Crippen LogP contribution in [0.3, 0.4) is 0 Å². The van der Waals surface area contributed by atoms with E-state index in [1.165, 1.54) is 6.33 Å². The van der Waals surface area contributed by atoms with Crippen molar-refractivity contribution in [1.29, 1.82) is 0 Å². The van der Waals surface area contributed by atoms with E-state index < -0.39 is 0 Å². The third kappa shape index (κ3) is 5.49. The molecule has 1 aromatic carbocycles. The Kier molecular flexibility index (Phi) is 7.65. The third-order valence-electron chi connectivity index (χ3n) is 4.69. The zero-order chi connectivity index (χ0) is 21.3. The van der Waals surface area contributed by atoms with Gasteiger partial charge in [0.1, 0.15) is 31.0 Å². The highest BCUT2D eigenvalue weighted by Gasteiger charge is 2.11. The molecule has 0 spiro atoms. The van der Waals surface area contributed by atoms with E-state index in [1.54, 1.807) is 13.3 Å². The Morgan fingerprint density at radius 1 is 1.07 bits per heavy atom. The Hall–Kier alpha value is -3.09. The first-order valence-electron chi connectivity index (χ1n) is 10.4. The predicted molar refractivity (Wildman–Crippen MR) is 119 cm³/mol. The molecule has 0 fully saturated rings. The number of hydrogen-bond donors (Lipinski definition) is 1. The van der Waals surface area contributed by atoms with E-state index in [0.29, 0.717) is 24.8 Å². The van der Waals surface area contributed by atoms with Crippen LogP contribution < -0.4 is 19.5 Å². The second-order valence-electron chi connectivity index (χ2n) is 7.30. The number of ether oxygens (including phenoxy) is 3. The molecule has 0 aliphatic carbocycles. The molecule has 30 heavy (non-hydrogen) atoms. The summed E-state index contributed by atoms with van der Waals surface area (Å²) in [6, 6.07) is 7.82. The lowest BCUT2D eigenvalue weighted by Crippen LogP contribution is -2.12. The van der Waals surface area contributed by atoms with Crippen molar-refractivity contribution in [2.45, 2.75) is 39.5 Å². The Balaban J connectivity index is 1.68. The lowest BCUT2D eigenvalue weighted by atomic mass is 10.1. The molecule has 7 nitrogen and oxygen atoms in total. The number of nitrogens with zero attached hydrogens (tertiary/aromatic N) is 3. The number of pyridine rings is 1. The van der Waals surface area contributed by atoms with Gasteiger partial charge in [0.05, 0.1) is 18.8 Å². The number of nitrogens with one attached hydrogen (secondary N) is 1. The second-order valence-corrected chi connectivity index (χ2v) is 7.30. The monoisotopic (exact) mass is 410 g/mol. The molecule has 7 heteroatoms.